The lowest BCUT2D eigenvalue weighted by molar-refractivity contribution is 0.0372. The fourth-order valence-corrected chi connectivity index (χ4v) is 2.43. The molecule has 0 atom stereocenters. The number of hydrogen-bond donors (Lipinski definition) is 2. The molecular formula is C16H35IN4O. The van der Waals surface area contributed by atoms with Crippen LogP contribution in [0.5, 0.6) is 0 Å². The van der Waals surface area contributed by atoms with Gasteiger partial charge in [0.1, 0.15) is 0 Å². The summed E-state index contributed by atoms with van der Waals surface area (Å²) in [5.74, 6) is 1.71. The number of halogens is 1. The zero-order valence-corrected chi connectivity index (χ0v) is 16.9. The van der Waals surface area contributed by atoms with E-state index in [1.807, 2.05) is 7.05 Å². The van der Waals surface area contributed by atoms with Gasteiger partial charge in [-0.15, -0.1) is 24.0 Å². The van der Waals surface area contributed by atoms with Crippen molar-refractivity contribution in [1.82, 2.24) is 15.5 Å². The van der Waals surface area contributed by atoms with Gasteiger partial charge in [0, 0.05) is 33.2 Å². The fourth-order valence-electron chi connectivity index (χ4n) is 2.43. The molecule has 0 aliphatic carbocycles. The lowest BCUT2D eigenvalue weighted by atomic mass is 10.1. The van der Waals surface area contributed by atoms with Crippen LogP contribution < -0.4 is 10.6 Å². The third-order valence-electron chi connectivity index (χ3n) is 3.77. The predicted octanol–water partition coefficient (Wildman–Crippen LogP) is 2.32. The van der Waals surface area contributed by atoms with Gasteiger partial charge in [-0.3, -0.25) is 9.89 Å². The Kier molecular flexibility index (Phi) is 14.5. The third-order valence-corrected chi connectivity index (χ3v) is 3.77. The summed E-state index contributed by atoms with van der Waals surface area (Å²) < 4.78 is 5.36. The fraction of sp³-hybridized carbons (Fsp3) is 0.938. The summed E-state index contributed by atoms with van der Waals surface area (Å²) in [6.07, 6.45) is 4.89. The number of morpholine rings is 1. The van der Waals surface area contributed by atoms with Crippen molar-refractivity contribution < 1.29 is 4.74 Å². The second-order valence-corrected chi connectivity index (χ2v) is 6.12. The van der Waals surface area contributed by atoms with E-state index >= 15 is 0 Å². The molecule has 1 saturated heterocycles. The second-order valence-electron chi connectivity index (χ2n) is 6.12. The zero-order chi connectivity index (χ0) is 15.3. The molecule has 0 unspecified atom stereocenters. The topological polar surface area (TPSA) is 48.9 Å². The molecule has 0 bridgehead atoms. The maximum Gasteiger partial charge on any atom is 0.190 e. The van der Waals surface area contributed by atoms with E-state index in [0.717, 1.165) is 51.3 Å². The Hall–Kier alpha value is -0.0800. The van der Waals surface area contributed by atoms with E-state index in [1.165, 1.54) is 32.2 Å². The van der Waals surface area contributed by atoms with Crippen LogP contribution in [0.1, 0.15) is 39.5 Å². The van der Waals surface area contributed by atoms with Gasteiger partial charge in [-0.25, -0.2) is 0 Å². The summed E-state index contributed by atoms with van der Waals surface area (Å²) in [7, 11) is 1.84. The van der Waals surface area contributed by atoms with Crippen molar-refractivity contribution in [3.63, 3.8) is 0 Å². The number of nitrogens with one attached hydrogen (secondary N) is 2. The quantitative estimate of drug-likeness (QED) is 0.257. The lowest BCUT2D eigenvalue weighted by Gasteiger charge is -2.26. The van der Waals surface area contributed by atoms with Crippen LogP contribution in [0.15, 0.2) is 4.99 Å². The van der Waals surface area contributed by atoms with Crippen LogP contribution in [0.3, 0.4) is 0 Å². The van der Waals surface area contributed by atoms with Crippen LogP contribution in [0.25, 0.3) is 0 Å². The Bertz CT molecular complexity index is 281. The smallest absolute Gasteiger partial charge is 0.190 e. The van der Waals surface area contributed by atoms with Gasteiger partial charge in [-0.2, -0.15) is 0 Å². The SMILES string of the molecule is CN=C(NCCCCN1CCOCC1)NCCCC(C)C.I. The second kappa shape index (κ2) is 14.5. The summed E-state index contributed by atoms with van der Waals surface area (Å²) in [4.78, 5) is 6.75. The van der Waals surface area contributed by atoms with E-state index in [-0.39, 0.29) is 24.0 Å². The van der Waals surface area contributed by atoms with Gasteiger partial charge in [0.05, 0.1) is 13.2 Å². The average molecular weight is 426 g/mol. The Morgan fingerprint density at radius 2 is 1.73 bits per heavy atom. The Balaban J connectivity index is 0.00000441. The monoisotopic (exact) mass is 426 g/mol. The molecular weight excluding hydrogens is 391 g/mol. The maximum atomic E-state index is 5.36. The van der Waals surface area contributed by atoms with Crippen LogP contribution in [0.2, 0.25) is 0 Å². The minimum atomic E-state index is 0. The van der Waals surface area contributed by atoms with Crippen molar-refractivity contribution in [1.29, 1.82) is 0 Å². The summed E-state index contributed by atoms with van der Waals surface area (Å²) in [6.45, 7) is 11.7. The van der Waals surface area contributed by atoms with Crippen molar-refractivity contribution in [2.45, 2.75) is 39.5 Å². The predicted molar refractivity (Wildman–Crippen MR) is 105 cm³/mol. The normalized spacial score (nSPS) is 16.5. The van der Waals surface area contributed by atoms with Crippen molar-refractivity contribution in [2.24, 2.45) is 10.9 Å². The van der Waals surface area contributed by atoms with Gasteiger partial charge in [0.25, 0.3) is 0 Å². The number of nitrogens with zero attached hydrogens (tertiary/aromatic N) is 2. The van der Waals surface area contributed by atoms with Crippen LogP contribution in [0.4, 0.5) is 0 Å². The largest absolute Gasteiger partial charge is 0.379 e. The molecule has 0 spiro atoms. The van der Waals surface area contributed by atoms with Crippen LogP contribution in [0, 0.1) is 5.92 Å². The van der Waals surface area contributed by atoms with Gasteiger partial charge in [0.2, 0.25) is 0 Å². The van der Waals surface area contributed by atoms with Crippen molar-refractivity contribution >= 4 is 29.9 Å². The number of unbranched alkanes of at least 4 members (excludes halogenated alkanes) is 1. The lowest BCUT2D eigenvalue weighted by Crippen LogP contribution is -2.39. The van der Waals surface area contributed by atoms with E-state index in [9.17, 15) is 0 Å². The molecule has 5 nitrogen and oxygen atoms in total. The highest BCUT2D eigenvalue weighted by molar-refractivity contribution is 14.0. The van der Waals surface area contributed by atoms with E-state index in [1.54, 1.807) is 0 Å². The van der Waals surface area contributed by atoms with E-state index in [2.05, 4.69) is 34.4 Å². The summed E-state index contributed by atoms with van der Waals surface area (Å²) in [5, 5.41) is 6.77. The van der Waals surface area contributed by atoms with Crippen LogP contribution in [-0.2, 0) is 4.74 Å². The zero-order valence-electron chi connectivity index (χ0n) is 14.6. The molecule has 22 heavy (non-hydrogen) atoms. The van der Waals surface area contributed by atoms with Gasteiger partial charge >= 0.3 is 0 Å². The number of ether oxygens (including phenoxy) is 1. The third kappa shape index (κ3) is 11.5. The molecule has 0 saturated carbocycles. The standard InChI is InChI=1S/C16H34N4O.HI/c1-15(2)7-6-9-19-16(17-3)18-8-4-5-10-20-11-13-21-14-12-20;/h15H,4-14H2,1-3H3,(H2,17,18,19);1H. The first-order valence-corrected chi connectivity index (χ1v) is 8.47. The number of rotatable bonds is 9. The van der Waals surface area contributed by atoms with E-state index < -0.39 is 0 Å². The summed E-state index contributed by atoms with van der Waals surface area (Å²) in [5.41, 5.74) is 0. The maximum absolute atomic E-state index is 5.36. The molecule has 1 fully saturated rings. The van der Waals surface area contributed by atoms with E-state index in [0.29, 0.717) is 0 Å². The molecule has 0 aromatic rings. The first-order valence-electron chi connectivity index (χ1n) is 8.47. The Morgan fingerprint density at radius 3 is 2.32 bits per heavy atom. The first kappa shape index (κ1) is 21.9. The summed E-state index contributed by atoms with van der Waals surface area (Å²) in [6, 6.07) is 0. The number of aliphatic imine (C=N–C) groups is 1. The molecule has 2 N–H and O–H groups in total. The highest BCUT2D eigenvalue weighted by Gasteiger charge is 2.08. The Labute approximate surface area is 153 Å². The molecule has 1 aliphatic heterocycles. The Morgan fingerprint density at radius 1 is 1.09 bits per heavy atom. The van der Waals surface area contributed by atoms with Gasteiger partial charge < -0.3 is 15.4 Å². The molecule has 0 aromatic carbocycles. The van der Waals surface area contributed by atoms with Crippen molar-refractivity contribution in [3.8, 4) is 0 Å². The number of guanidine groups is 1. The first-order chi connectivity index (χ1) is 10.2. The molecule has 1 aliphatic rings. The van der Waals surface area contributed by atoms with Crippen molar-refractivity contribution in [2.75, 3.05) is 53.0 Å². The van der Waals surface area contributed by atoms with Gasteiger partial charge in [0.15, 0.2) is 5.96 Å². The van der Waals surface area contributed by atoms with Crippen LogP contribution in [-0.4, -0.2) is 63.8 Å². The van der Waals surface area contributed by atoms with Crippen molar-refractivity contribution in [3.05, 3.63) is 0 Å². The molecule has 1 heterocycles. The van der Waals surface area contributed by atoms with Crippen LogP contribution >= 0.6 is 24.0 Å². The molecule has 0 aromatic heterocycles. The van der Waals surface area contributed by atoms with E-state index in [4.69, 9.17) is 4.74 Å². The molecule has 132 valence electrons. The average Bonchev–Trinajstić information content (AvgIpc) is 2.50. The molecule has 0 amide bonds. The minimum absolute atomic E-state index is 0. The highest BCUT2D eigenvalue weighted by atomic mass is 127. The number of hydrogen-bond acceptors (Lipinski definition) is 3. The molecule has 1 rings (SSSR count). The minimum Gasteiger partial charge on any atom is -0.379 e. The highest BCUT2D eigenvalue weighted by Crippen LogP contribution is 2.01. The van der Waals surface area contributed by atoms with Gasteiger partial charge in [-0.05, 0) is 38.1 Å². The van der Waals surface area contributed by atoms with Gasteiger partial charge in [-0.1, -0.05) is 13.8 Å². The molecule has 0 radical (unpaired) electrons. The summed E-state index contributed by atoms with van der Waals surface area (Å²) >= 11 is 0. The molecule has 6 heteroatoms.